The van der Waals surface area contributed by atoms with Crippen LogP contribution in [0.1, 0.15) is 42.5 Å². The summed E-state index contributed by atoms with van der Waals surface area (Å²) in [5.74, 6) is 1.46. The van der Waals surface area contributed by atoms with E-state index in [4.69, 9.17) is 23.8 Å². The second-order valence-electron chi connectivity index (χ2n) is 9.42. The van der Waals surface area contributed by atoms with Crippen LogP contribution in [0.25, 0.3) is 6.08 Å². The molecule has 6 nitrogen and oxygen atoms in total. The maximum atomic E-state index is 13.4. The van der Waals surface area contributed by atoms with E-state index >= 15 is 0 Å². The molecule has 0 saturated carbocycles. The Balaban J connectivity index is 1.80. The highest BCUT2D eigenvalue weighted by Crippen LogP contribution is 2.38. The molecule has 2 atom stereocenters. The highest BCUT2D eigenvalue weighted by Gasteiger charge is 2.34. The molecule has 35 heavy (non-hydrogen) atoms. The van der Waals surface area contributed by atoms with Gasteiger partial charge in [0.1, 0.15) is 21.8 Å². The lowest BCUT2D eigenvalue weighted by Gasteiger charge is -2.38. The second-order valence-corrected chi connectivity index (χ2v) is 11.5. The average molecular weight is 527 g/mol. The van der Waals surface area contributed by atoms with Crippen LogP contribution in [0.5, 0.6) is 0 Å². The molecule has 182 valence electrons. The Morgan fingerprint density at radius 1 is 1.23 bits per heavy atom. The summed E-state index contributed by atoms with van der Waals surface area (Å²) >= 11 is 13.1. The van der Waals surface area contributed by atoms with Crippen LogP contribution in [0, 0.1) is 30.1 Å². The van der Waals surface area contributed by atoms with Crippen molar-refractivity contribution in [1.29, 1.82) is 5.26 Å². The first-order valence-electron chi connectivity index (χ1n) is 11.5. The van der Waals surface area contributed by atoms with Crippen LogP contribution in [0.15, 0.2) is 34.0 Å². The summed E-state index contributed by atoms with van der Waals surface area (Å²) in [6, 6.07) is 9.44. The summed E-state index contributed by atoms with van der Waals surface area (Å²) < 4.78 is 2.00. The Bertz CT molecular complexity index is 1330. The molecule has 2 unspecified atom stereocenters. The van der Waals surface area contributed by atoms with E-state index in [9.17, 15) is 14.9 Å². The number of carbonyl (C=O) groups is 1. The van der Waals surface area contributed by atoms with Gasteiger partial charge in [0, 0.05) is 30.7 Å². The van der Waals surface area contributed by atoms with E-state index in [-0.39, 0.29) is 23.6 Å². The molecular formula is C26H27ClN4O2S2. The fraction of sp³-hybridized carbons (Fsp3) is 0.385. The lowest BCUT2D eigenvalue weighted by molar-refractivity contribution is -0.122. The number of thioether (sulfide) groups is 1. The Kier molecular flexibility index (Phi) is 7.41. The number of thiocarbonyl (C=S) groups is 1. The van der Waals surface area contributed by atoms with Gasteiger partial charge in [-0.2, -0.15) is 5.26 Å². The Hall–Kier alpha value is -2.60. The molecule has 1 amide bonds. The van der Waals surface area contributed by atoms with E-state index < -0.39 is 0 Å². The number of nitriles is 1. The fourth-order valence-corrected chi connectivity index (χ4v) is 6.43. The van der Waals surface area contributed by atoms with Gasteiger partial charge in [0.25, 0.3) is 11.5 Å². The zero-order chi connectivity index (χ0) is 25.4. The number of hydrogen-bond acceptors (Lipinski definition) is 6. The van der Waals surface area contributed by atoms with Crippen molar-refractivity contribution in [2.24, 2.45) is 18.9 Å². The van der Waals surface area contributed by atoms with Gasteiger partial charge in [-0.05, 0) is 48.4 Å². The molecule has 2 aliphatic rings. The normalized spacial score (nSPS) is 21.7. The van der Waals surface area contributed by atoms with Crippen LogP contribution in [-0.2, 0) is 18.4 Å². The number of hydrogen-bond donors (Lipinski definition) is 0. The first kappa shape index (κ1) is 25.5. The van der Waals surface area contributed by atoms with E-state index in [1.54, 1.807) is 35.6 Å². The van der Waals surface area contributed by atoms with Gasteiger partial charge in [-0.1, -0.05) is 67.6 Å². The topological polar surface area (TPSA) is 69.3 Å². The van der Waals surface area contributed by atoms with Gasteiger partial charge < -0.3 is 4.90 Å². The SMILES string of the molecule is Cc1c(C=C2SC(=S)N(Cc3ccccc3Cl)C2=O)c(N2CC(C)CC(C)C2)n(C)c(=O)c1C#N. The first-order chi connectivity index (χ1) is 16.6. The van der Waals surface area contributed by atoms with E-state index in [0.29, 0.717) is 37.2 Å². The van der Waals surface area contributed by atoms with Crippen molar-refractivity contribution in [3.63, 3.8) is 0 Å². The molecule has 4 rings (SSSR count). The van der Waals surface area contributed by atoms with Crippen molar-refractivity contribution in [3.05, 3.63) is 66.8 Å². The predicted molar refractivity (Wildman–Crippen MR) is 146 cm³/mol. The smallest absolute Gasteiger partial charge is 0.270 e. The quantitative estimate of drug-likeness (QED) is 0.407. The predicted octanol–water partition coefficient (Wildman–Crippen LogP) is 5.10. The van der Waals surface area contributed by atoms with Crippen LogP contribution in [0.2, 0.25) is 5.02 Å². The van der Waals surface area contributed by atoms with Crippen LogP contribution >= 0.6 is 35.6 Å². The molecule has 2 aromatic rings. The third kappa shape index (κ3) is 4.90. The van der Waals surface area contributed by atoms with Gasteiger partial charge in [0.15, 0.2) is 0 Å². The molecule has 0 bridgehead atoms. The van der Waals surface area contributed by atoms with Crippen LogP contribution in [-0.4, -0.2) is 32.8 Å². The number of nitrogens with zero attached hydrogens (tertiary/aromatic N) is 4. The third-order valence-corrected chi connectivity index (χ3v) is 8.32. The molecule has 2 aliphatic heterocycles. The Labute approximate surface area is 220 Å². The van der Waals surface area contributed by atoms with Crippen LogP contribution < -0.4 is 10.5 Å². The van der Waals surface area contributed by atoms with E-state index in [2.05, 4.69) is 24.8 Å². The summed E-state index contributed by atoms with van der Waals surface area (Å²) in [5.41, 5.74) is 1.87. The van der Waals surface area contributed by atoms with Crippen molar-refractivity contribution in [1.82, 2.24) is 9.47 Å². The monoisotopic (exact) mass is 526 g/mol. The highest BCUT2D eigenvalue weighted by atomic mass is 35.5. The molecular weight excluding hydrogens is 500 g/mol. The maximum Gasteiger partial charge on any atom is 0.270 e. The number of rotatable bonds is 4. The van der Waals surface area contributed by atoms with Gasteiger partial charge in [-0.25, -0.2) is 0 Å². The second kappa shape index (κ2) is 10.2. The summed E-state index contributed by atoms with van der Waals surface area (Å²) in [6.07, 6.45) is 2.91. The first-order valence-corrected chi connectivity index (χ1v) is 13.1. The van der Waals surface area contributed by atoms with Gasteiger partial charge in [0.2, 0.25) is 0 Å². The minimum absolute atomic E-state index is 0.0900. The van der Waals surface area contributed by atoms with Gasteiger partial charge >= 0.3 is 0 Å². The molecule has 9 heteroatoms. The number of amides is 1. The minimum atomic E-state index is -0.325. The summed E-state index contributed by atoms with van der Waals surface area (Å²) in [4.78, 5) is 30.6. The van der Waals surface area contributed by atoms with Gasteiger partial charge in [-0.15, -0.1) is 0 Å². The van der Waals surface area contributed by atoms with Crippen molar-refractivity contribution in [2.75, 3.05) is 18.0 Å². The lowest BCUT2D eigenvalue weighted by Crippen LogP contribution is -2.42. The fourth-order valence-electron chi connectivity index (χ4n) is 4.99. The molecule has 2 saturated heterocycles. The summed E-state index contributed by atoms with van der Waals surface area (Å²) in [6.45, 7) is 8.07. The molecule has 0 spiro atoms. The number of benzene rings is 1. The minimum Gasteiger partial charge on any atom is -0.357 e. The Morgan fingerprint density at radius 2 is 1.89 bits per heavy atom. The number of anilines is 1. The van der Waals surface area contributed by atoms with Crippen molar-refractivity contribution in [2.45, 2.75) is 33.7 Å². The van der Waals surface area contributed by atoms with E-state index in [1.807, 2.05) is 18.2 Å². The summed E-state index contributed by atoms with van der Waals surface area (Å²) in [7, 11) is 1.70. The molecule has 3 heterocycles. The van der Waals surface area contributed by atoms with Crippen LogP contribution in [0.4, 0.5) is 5.82 Å². The molecule has 2 fully saturated rings. The highest BCUT2D eigenvalue weighted by molar-refractivity contribution is 8.26. The van der Waals surface area contributed by atoms with Crippen LogP contribution in [0.3, 0.4) is 0 Å². The zero-order valence-corrected chi connectivity index (χ0v) is 22.6. The van der Waals surface area contributed by atoms with Crippen molar-refractivity contribution in [3.8, 4) is 6.07 Å². The largest absolute Gasteiger partial charge is 0.357 e. The lowest BCUT2D eigenvalue weighted by atomic mass is 9.91. The number of carbonyl (C=O) groups excluding carboxylic acids is 1. The zero-order valence-electron chi connectivity index (χ0n) is 20.2. The molecule has 0 radical (unpaired) electrons. The number of halogens is 1. The van der Waals surface area contributed by atoms with Crippen molar-refractivity contribution < 1.29 is 4.79 Å². The number of pyridine rings is 1. The third-order valence-electron chi connectivity index (χ3n) is 6.57. The molecule has 0 aliphatic carbocycles. The van der Waals surface area contributed by atoms with Gasteiger partial charge in [0.05, 0.1) is 11.4 Å². The number of piperidine rings is 1. The molecule has 1 aromatic carbocycles. The summed E-state index contributed by atoms with van der Waals surface area (Å²) in [5, 5.41) is 10.3. The molecule has 1 aromatic heterocycles. The Morgan fingerprint density at radius 3 is 2.51 bits per heavy atom. The standard InChI is InChI=1S/C26H27ClN4O2S2/c1-15-9-16(2)13-30(12-15)23-19(17(3)20(11-28)24(32)29(23)4)10-22-25(33)31(26(34)35-22)14-18-7-5-6-8-21(18)27/h5-8,10,15-16H,9,12-14H2,1-4H3. The average Bonchev–Trinajstić information content (AvgIpc) is 3.06. The van der Waals surface area contributed by atoms with Crippen molar-refractivity contribution >= 4 is 57.7 Å². The van der Waals surface area contributed by atoms with Gasteiger partial charge in [-0.3, -0.25) is 19.1 Å². The number of aromatic nitrogens is 1. The molecule has 0 N–H and O–H groups in total. The maximum absolute atomic E-state index is 13.4. The van der Waals surface area contributed by atoms with E-state index in [0.717, 1.165) is 30.9 Å². The van der Waals surface area contributed by atoms with E-state index in [1.165, 1.54) is 11.8 Å².